The SMILES string of the molecule is COc1cc(S(=O)(=O)O)c(S(=O)(=O)O)cc1OC. The highest BCUT2D eigenvalue weighted by Gasteiger charge is 2.27. The van der Waals surface area contributed by atoms with Crippen LogP contribution in [0.4, 0.5) is 0 Å². The first kappa shape index (κ1) is 14.7. The molecular weight excluding hydrogens is 288 g/mol. The van der Waals surface area contributed by atoms with Gasteiger partial charge in [-0.2, -0.15) is 16.8 Å². The minimum Gasteiger partial charge on any atom is -0.493 e. The number of methoxy groups -OCH3 is 2. The van der Waals surface area contributed by atoms with E-state index in [9.17, 15) is 16.8 Å². The Balaban J connectivity index is 3.79. The molecule has 0 amide bonds. The van der Waals surface area contributed by atoms with E-state index in [-0.39, 0.29) is 11.5 Å². The van der Waals surface area contributed by atoms with Crippen molar-refractivity contribution in [2.75, 3.05) is 14.2 Å². The highest BCUT2D eigenvalue weighted by atomic mass is 32.2. The first-order valence-electron chi connectivity index (χ1n) is 4.32. The fraction of sp³-hybridized carbons (Fsp3) is 0.250. The predicted octanol–water partition coefficient (Wildman–Crippen LogP) is 0.197. The molecule has 10 heteroatoms. The molecule has 0 fully saturated rings. The van der Waals surface area contributed by atoms with Crippen LogP contribution in [0.1, 0.15) is 0 Å². The molecular formula is C8H10O8S2. The summed E-state index contributed by atoms with van der Waals surface area (Å²) < 4.78 is 71.6. The lowest BCUT2D eigenvalue weighted by Crippen LogP contribution is -2.09. The third-order valence-corrected chi connectivity index (χ3v) is 3.92. The molecule has 0 saturated heterocycles. The molecule has 1 aromatic carbocycles. The highest BCUT2D eigenvalue weighted by molar-refractivity contribution is 7.89. The molecule has 0 saturated carbocycles. The molecule has 0 aromatic heterocycles. The van der Waals surface area contributed by atoms with E-state index in [2.05, 4.69) is 0 Å². The molecule has 2 N–H and O–H groups in total. The van der Waals surface area contributed by atoms with Gasteiger partial charge in [0.2, 0.25) is 0 Å². The highest BCUT2D eigenvalue weighted by Crippen LogP contribution is 2.34. The summed E-state index contributed by atoms with van der Waals surface area (Å²) in [4.78, 5) is -2.00. The Bertz CT molecular complexity index is 600. The summed E-state index contributed by atoms with van der Waals surface area (Å²) >= 11 is 0. The molecule has 0 unspecified atom stereocenters. The van der Waals surface area contributed by atoms with E-state index in [1.165, 1.54) is 14.2 Å². The summed E-state index contributed by atoms with van der Waals surface area (Å²) in [5, 5.41) is 0. The van der Waals surface area contributed by atoms with Crippen molar-refractivity contribution in [2.45, 2.75) is 9.79 Å². The van der Waals surface area contributed by atoms with Crippen LogP contribution in [-0.4, -0.2) is 40.2 Å². The van der Waals surface area contributed by atoms with Gasteiger partial charge in [0.25, 0.3) is 20.2 Å². The van der Waals surface area contributed by atoms with Gasteiger partial charge in [0.1, 0.15) is 9.79 Å². The third kappa shape index (κ3) is 2.90. The number of benzene rings is 1. The number of rotatable bonds is 4. The minimum absolute atomic E-state index is 0.113. The summed E-state index contributed by atoms with van der Waals surface area (Å²) in [5.41, 5.74) is 0. The van der Waals surface area contributed by atoms with Crippen LogP contribution in [0.15, 0.2) is 21.9 Å². The Morgan fingerprint density at radius 2 is 1.11 bits per heavy atom. The molecule has 102 valence electrons. The standard InChI is InChI=1S/C8H10O8S2/c1-15-5-3-7(17(9,10)11)8(18(12,13)14)4-6(5)16-2/h3-4H,1-2H3,(H,9,10,11)(H,12,13,14). The molecule has 0 aliphatic carbocycles. The Morgan fingerprint density at radius 1 is 0.833 bits per heavy atom. The monoisotopic (exact) mass is 298 g/mol. The van der Waals surface area contributed by atoms with Crippen molar-refractivity contribution >= 4 is 20.2 Å². The third-order valence-electron chi connectivity index (χ3n) is 2.01. The van der Waals surface area contributed by atoms with Crippen LogP contribution >= 0.6 is 0 Å². The van der Waals surface area contributed by atoms with Gasteiger partial charge in [-0.15, -0.1) is 0 Å². The Kier molecular flexibility index (Phi) is 3.86. The maximum atomic E-state index is 11.1. The number of hydrogen-bond acceptors (Lipinski definition) is 6. The number of ether oxygens (including phenoxy) is 2. The average molecular weight is 298 g/mol. The molecule has 0 spiro atoms. The first-order chi connectivity index (χ1) is 8.11. The molecule has 1 rings (SSSR count). The predicted molar refractivity (Wildman–Crippen MR) is 59.2 cm³/mol. The van der Waals surface area contributed by atoms with E-state index in [1.54, 1.807) is 0 Å². The van der Waals surface area contributed by atoms with Gasteiger partial charge in [-0.1, -0.05) is 0 Å². The lowest BCUT2D eigenvalue weighted by Gasteiger charge is -2.11. The molecule has 0 aliphatic rings. The van der Waals surface area contributed by atoms with E-state index < -0.39 is 30.0 Å². The molecule has 0 aliphatic heterocycles. The van der Waals surface area contributed by atoms with E-state index in [0.717, 1.165) is 12.1 Å². The van der Waals surface area contributed by atoms with Crippen LogP contribution in [0.25, 0.3) is 0 Å². The zero-order valence-electron chi connectivity index (χ0n) is 9.32. The van der Waals surface area contributed by atoms with Crippen molar-refractivity contribution in [3.63, 3.8) is 0 Å². The fourth-order valence-electron chi connectivity index (χ4n) is 1.24. The van der Waals surface area contributed by atoms with E-state index >= 15 is 0 Å². The van der Waals surface area contributed by atoms with Gasteiger partial charge in [-0.25, -0.2) is 0 Å². The van der Waals surface area contributed by atoms with Crippen molar-refractivity contribution in [1.82, 2.24) is 0 Å². The zero-order valence-corrected chi connectivity index (χ0v) is 10.9. The second kappa shape index (κ2) is 4.72. The van der Waals surface area contributed by atoms with Crippen molar-refractivity contribution in [1.29, 1.82) is 0 Å². The maximum absolute atomic E-state index is 11.1. The molecule has 0 bridgehead atoms. The van der Waals surface area contributed by atoms with Crippen molar-refractivity contribution in [3.8, 4) is 11.5 Å². The number of hydrogen-bond donors (Lipinski definition) is 2. The van der Waals surface area contributed by atoms with Gasteiger partial charge < -0.3 is 9.47 Å². The van der Waals surface area contributed by atoms with E-state index in [1.807, 2.05) is 0 Å². The molecule has 18 heavy (non-hydrogen) atoms. The van der Waals surface area contributed by atoms with Gasteiger partial charge in [-0.3, -0.25) is 9.11 Å². The Morgan fingerprint density at radius 3 is 1.28 bits per heavy atom. The fourth-order valence-corrected chi connectivity index (χ4v) is 3.01. The lowest BCUT2D eigenvalue weighted by molar-refractivity contribution is 0.351. The van der Waals surface area contributed by atoms with Crippen LogP contribution < -0.4 is 9.47 Å². The van der Waals surface area contributed by atoms with Crippen LogP contribution in [0.3, 0.4) is 0 Å². The van der Waals surface area contributed by atoms with Gasteiger partial charge in [0.15, 0.2) is 11.5 Å². The first-order valence-corrected chi connectivity index (χ1v) is 7.20. The van der Waals surface area contributed by atoms with E-state index in [4.69, 9.17) is 18.6 Å². The van der Waals surface area contributed by atoms with E-state index in [0.29, 0.717) is 0 Å². The van der Waals surface area contributed by atoms with Gasteiger partial charge in [-0.05, 0) is 0 Å². The van der Waals surface area contributed by atoms with Crippen molar-refractivity contribution in [3.05, 3.63) is 12.1 Å². The Hall–Kier alpha value is -1.36. The van der Waals surface area contributed by atoms with Gasteiger partial charge >= 0.3 is 0 Å². The minimum atomic E-state index is -4.85. The Labute approximate surface area is 104 Å². The summed E-state index contributed by atoms with van der Waals surface area (Å²) in [7, 11) is -7.31. The average Bonchev–Trinajstić information content (AvgIpc) is 2.24. The zero-order chi connectivity index (χ0) is 14.1. The van der Waals surface area contributed by atoms with Gasteiger partial charge in [0, 0.05) is 12.1 Å². The van der Waals surface area contributed by atoms with Crippen molar-refractivity contribution in [2.24, 2.45) is 0 Å². The summed E-state index contributed by atoms with van der Waals surface area (Å²) in [6, 6.07) is 1.47. The normalized spacial score (nSPS) is 12.2. The lowest BCUT2D eigenvalue weighted by atomic mass is 10.3. The molecule has 0 heterocycles. The topological polar surface area (TPSA) is 127 Å². The largest absolute Gasteiger partial charge is 0.493 e. The second-order valence-electron chi connectivity index (χ2n) is 3.10. The second-order valence-corrected chi connectivity index (χ2v) is 5.88. The molecule has 0 atom stereocenters. The summed E-state index contributed by atoms with van der Waals surface area (Å²) in [6.07, 6.45) is 0. The maximum Gasteiger partial charge on any atom is 0.296 e. The van der Waals surface area contributed by atoms with Crippen molar-refractivity contribution < 1.29 is 35.4 Å². The smallest absolute Gasteiger partial charge is 0.296 e. The van der Waals surface area contributed by atoms with Crippen LogP contribution in [-0.2, 0) is 20.2 Å². The molecule has 1 aromatic rings. The summed E-state index contributed by atoms with van der Waals surface area (Å²) in [6.45, 7) is 0. The summed E-state index contributed by atoms with van der Waals surface area (Å²) in [5.74, 6) is -0.227. The van der Waals surface area contributed by atoms with Crippen LogP contribution in [0, 0.1) is 0 Å². The molecule has 0 radical (unpaired) electrons. The van der Waals surface area contributed by atoms with Crippen LogP contribution in [0.5, 0.6) is 11.5 Å². The van der Waals surface area contributed by atoms with Gasteiger partial charge in [0.05, 0.1) is 14.2 Å². The van der Waals surface area contributed by atoms with Crippen LogP contribution in [0.2, 0.25) is 0 Å². The quantitative estimate of drug-likeness (QED) is 0.754. The molecule has 8 nitrogen and oxygen atoms in total.